The fourth-order valence-electron chi connectivity index (χ4n) is 1.20. The second kappa shape index (κ2) is 4.52. The average Bonchev–Trinajstić information content (AvgIpc) is 2.74. The van der Waals surface area contributed by atoms with Gasteiger partial charge in [0.1, 0.15) is 25.0 Å². The zero-order valence-corrected chi connectivity index (χ0v) is 8.30. The van der Waals surface area contributed by atoms with E-state index in [-0.39, 0.29) is 18.3 Å². The lowest BCUT2D eigenvalue weighted by molar-refractivity contribution is -0.116. The van der Waals surface area contributed by atoms with Gasteiger partial charge in [0.05, 0.1) is 0 Å². The molecule has 1 N–H and O–H groups in total. The number of nitrogens with one attached hydrogen (secondary N) is 1. The molecule has 0 unspecified atom stereocenters. The van der Waals surface area contributed by atoms with Crippen LogP contribution in [0.3, 0.4) is 0 Å². The average molecular weight is 220 g/mol. The van der Waals surface area contributed by atoms with E-state index in [0.717, 1.165) is 0 Å². The maximum Gasteiger partial charge on any atom is 0.246 e. The molecule has 0 aliphatic heterocycles. The summed E-state index contributed by atoms with van der Waals surface area (Å²) in [7, 11) is 0. The fraction of sp³-hybridized carbons (Fsp3) is 0.100. The number of halogens is 1. The summed E-state index contributed by atoms with van der Waals surface area (Å²) in [6.45, 7) is 0.0807. The van der Waals surface area contributed by atoms with Crippen molar-refractivity contribution in [2.24, 2.45) is 0 Å². The van der Waals surface area contributed by atoms with Crippen LogP contribution in [0.15, 0.2) is 36.9 Å². The van der Waals surface area contributed by atoms with Gasteiger partial charge in [-0.05, 0) is 24.3 Å². The molecule has 0 spiro atoms. The van der Waals surface area contributed by atoms with Gasteiger partial charge in [0.2, 0.25) is 5.91 Å². The fourth-order valence-corrected chi connectivity index (χ4v) is 1.20. The summed E-state index contributed by atoms with van der Waals surface area (Å²) < 4.78 is 14.0. The molecule has 2 rings (SSSR count). The second-order valence-electron chi connectivity index (χ2n) is 3.15. The van der Waals surface area contributed by atoms with Crippen molar-refractivity contribution < 1.29 is 9.18 Å². The molecular weight excluding hydrogens is 211 g/mol. The molecule has 0 bridgehead atoms. The highest BCUT2D eigenvalue weighted by Gasteiger charge is 2.03. The molecule has 0 aliphatic rings. The van der Waals surface area contributed by atoms with Crippen molar-refractivity contribution in [1.82, 2.24) is 14.8 Å². The number of amides is 1. The Morgan fingerprint density at radius 2 is 2.12 bits per heavy atom. The summed E-state index contributed by atoms with van der Waals surface area (Å²) in [5.41, 5.74) is 0.548. The van der Waals surface area contributed by atoms with Crippen LogP contribution in [-0.2, 0) is 11.3 Å². The highest BCUT2D eigenvalue weighted by Crippen LogP contribution is 2.07. The van der Waals surface area contributed by atoms with E-state index in [1.807, 2.05) is 0 Å². The second-order valence-corrected chi connectivity index (χ2v) is 3.15. The molecule has 0 saturated carbocycles. The van der Waals surface area contributed by atoms with Crippen molar-refractivity contribution in [2.75, 3.05) is 5.32 Å². The van der Waals surface area contributed by atoms with Crippen LogP contribution in [0.4, 0.5) is 10.1 Å². The Bertz CT molecular complexity index is 466. The number of aromatic nitrogens is 3. The molecule has 6 heteroatoms. The Hall–Kier alpha value is -2.24. The van der Waals surface area contributed by atoms with Crippen molar-refractivity contribution in [3.05, 3.63) is 42.7 Å². The maximum absolute atomic E-state index is 12.6. The minimum Gasteiger partial charge on any atom is -0.324 e. The number of rotatable bonds is 3. The van der Waals surface area contributed by atoms with Crippen LogP contribution < -0.4 is 5.32 Å². The third-order valence-electron chi connectivity index (χ3n) is 1.90. The van der Waals surface area contributed by atoms with Crippen LogP contribution in [0.5, 0.6) is 0 Å². The van der Waals surface area contributed by atoms with Crippen molar-refractivity contribution >= 4 is 11.6 Å². The summed E-state index contributed by atoms with van der Waals surface area (Å²) in [5.74, 6) is -0.577. The molecule has 16 heavy (non-hydrogen) atoms. The molecule has 1 amide bonds. The van der Waals surface area contributed by atoms with Gasteiger partial charge in [-0.2, -0.15) is 5.10 Å². The lowest BCUT2D eigenvalue weighted by atomic mass is 10.3. The van der Waals surface area contributed by atoms with Gasteiger partial charge in [-0.1, -0.05) is 0 Å². The van der Waals surface area contributed by atoms with Gasteiger partial charge in [-0.25, -0.2) is 14.1 Å². The largest absolute Gasteiger partial charge is 0.324 e. The first-order chi connectivity index (χ1) is 7.74. The lowest BCUT2D eigenvalue weighted by Gasteiger charge is -2.04. The Morgan fingerprint density at radius 3 is 2.75 bits per heavy atom. The van der Waals surface area contributed by atoms with E-state index in [1.54, 1.807) is 0 Å². The van der Waals surface area contributed by atoms with Crippen molar-refractivity contribution in [2.45, 2.75) is 6.54 Å². The topological polar surface area (TPSA) is 59.8 Å². The summed E-state index contributed by atoms with van der Waals surface area (Å²) in [5, 5.41) is 6.41. The molecule has 0 atom stereocenters. The Labute approximate surface area is 90.9 Å². The number of benzene rings is 1. The van der Waals surface area contributed by atoms with Crippen molar-refractivity contribution in [3.63, 3.8) is 0 Å². The summed E-state index contributed by atoms with van der Waals surface area (Å²) in [6, 6.07) is 5.55. The smallest absolute Gasteiger partial charge is 0.246 e. The van der Waals surface area contributed by atoms with Crippen molar-refractivity contribution in [3.8, 4) is 0 Å². The molecule has 0 fully saturated rings. The van der Waals surface area contributed by atoms with Gasteiger partial charge in [-0.3, -0.25) is 4.79 Å². The van der Waals surface area contributed by atoms with E-state index in [1.165, 1.54) is 41.6 Å². The third kappa shape index (κ3) is 2.63. The minimum atomic E-state index is -0.339. The highest BCUT2D eigenvalue weighted by atomic mass is 19.1. The normalized spacial score (nSPS) is 10.1. The minimum absolute atomic E-state index is 0.0807. The molecule has 0 radical (unpaired) electrons. The number of carbonyl (C=O) groups is 1. The standard InChI is InChI=1S/C10H9FN4O/c11-8-1-3-9(4-2-8)14-10(16)5-15-7-12-6-13-15/h1-4,6-7H,5H2,(H,14,16). The Kier molecular flexibility index (Phi) is 2.90. The summed E-state index contributed by atoms with van der Waals surface area (Å²) in [6.07, 6.45) is 2.80. The van der Waals surface area contributed by atoms with Gasteiger partial charge in [0.25, 0.3) is 0 Å². The zero-order chi connectivity index (χ0) is 11.4. The highest BCUT2D eigenvalue weighted by molar-refractivity contribution is 5.90. The lowest BCUT2D eigenvalue weighted by Crippen LogP contribution is -2.18. The van der Waals surface area contributed by atoms with Crippen LogP contribution in [-0.4, -0.2) is 20.7 Å². The van der Waals surface area contributed by atoms with Gasteiger partial charge in [0, 0.05) is 5.69 Å². The van der Waals surface area contributed by atoms with Crippen LogP contribution in [0.25, 0.3) is 0 Å². The van der Waals surface area contributed by atoms with E-state index in [2.05, 4.69) is 15.4 Å². The van der Waals surface area contributed by atoms with E-state index in [9.17, 15) is 9.18 Å². The monoisotopic (exact) mass is 220 g/mol. The van der Waals surface area contributed by atoms with Crippen molar-refractivity contribution in [1.29, 1.82) is 0 Å². The van der Waals surface area contributed by atoms with Gasteiger partial charge in [-0.15, -0.1) is 0 Å². The SMILES string of the molecule is O=C(Cn1cncn1)Nc1ccc(F)cc1. The van der Waals surface area contributed by atoms with Gasteiger partial charge >= 0.3 is 0 Å². The van der Waals surface area contributed by atoms with E-state index in [0.29, 0.717) is 5.69 Å². The maximum atomic E-state index is 12.6. The van der Waals surface area contributed by atoms with Crippen LogP contribution in [0.2, 0.25) is 0 Å². The first-order valence-electron chi connectivity index (χ1n) is 4.62. The predicted octanol–water partition coefficient (Wildman–Crippen LogP) is 1.06. The molecule has 1 aromatic heterocycles. The summed E-state index contributed by atoms with van der Waals surface area (Å²) in [4.78, 5) is 15.2. The number of nitrogens with zero attached hydrogens (tertiary/aromatic N) is 3. The first kappa shape index (κ1) is 10.3. The van der Waals surface area contributed by atoms with E-state index in [4.69, 9.17) is 0 Å². The Balaban J connectivity index is 1.95. The van der Waals surface area contributed by atoms with Gasteiger partial charge < -0.3 is 5.32 Å². The molecular formula is C10H9FN4O. The molecule has 1 aromatic carbocycles. The molecule has 2 aromatic rings. The molecule has 0 aliphatic carbocycles. The number of anilines is 1. The first-order valence-corrected chi connectivity index (χ1v) is 4.62. The Morgan fingerprint density at radius 1 is 1.38 bits per heavy atom. The van der Waals surface area contributed by atoms with E-state index >= 15 is 0 Å². The number of carbonyl (C=O) groups excluding carboxylic acids is 1. The number of hydrogen-bond donors (Lipinski definition) is 1. The van der Waals surface area contributed by atoms with Crippen LogP contribution in [0, 0.1) is 5.82 Å². The quantitative estimate of drug-likeness (QED) is 0.841. The predicted molar refractivity (Wildman–Crippen MR) is 55.1 cm³/mol. The van der Waals surface area contributed by atoms with Crippen LogP contribution >= 0.6 is 0 Å². The van der Waals surface area contributed by atoms with E-state index < -0.39 is 0 Å². The summed E-state index contributed by atoms with van der Waals surface area (Å²) >= 11 is 0. The van der Waals surface area contributed by atoms with Crippen LogP contribution in [0.1, 0.15) is 0 Å². The third-order valence-corrected chi connectivity index (χ3v) is 1.90. The molecule has 1 heterocycles. The molecule has 5 nitrogen and oxygen atoms in total. The zero-order valence-electron chi connectivity index (χ0n) is 8.30. The molecule has 0 saturated heterocycles. The van der Waals surface area contributed by atoms with Gasteiger partial charge in [0.15, 0.2) is 0 Å². The molecule has 82 valence electrons. The number of hydrogen-bond acceptors (Lipinski definition) is 3.